The number of methoxy groups -OCH3 is 1. The molecular formula is C21H42IN3O2. The first-order valence-corrected chi connectivity index (χ1v) is 10.9. The molecule has 0 spiro atoms. The summed E-state index contributed by atoms with van der Waals surface area (Å²) in [4.78, 5) is 7.36. The highest BCUT2D eigenvalue weighted by Gasteiger charge is 2.22. The molecule has 1 saturated heterocycles. The van der Waals surface area contributed by atoms with Gasteiger partial charge in [0.1, 0.15) is 0 Å². The van der Waals surface area contributed by atoms with Gasteiger partial charge in [0, 0.05) is 46.5 Å². The highest BCUT2D eigenvalue weighted by Crippen LogP contribution is 2.30. The maximum absolute atomic E-state index is 5.98. The summed E-state index contributed by atoms with van der Waals surface area (Å²) in [5, 5.41) is 3.49. The van der Waals surface area contributed by atoms with Crippen molar-refractivity contribution in [3.05, 3.63) is 0 Å². The van der Waals surface area contributed by atoms with Crippen molar-refractivity contribution in [3.8, 4) is 0 Å². The number of rotatable bonds is 9. The van der Waals surface area contributed by atoms with Crippen molar-refractivity contribution in [2.45, 2.75) is 71.3 Å². The summed E-state index contributed by atoms with van der Waals surface area (Å²) in [6.07, 6.45) is 10.5. The zero-order valence-corrected chi connectivity index (χ0v) is 20.1. The van der Waals surface area contributed by atoms with Crippen molar-refractivity contribution in [1.29, 1.82) is 0 Å². The lowest BCUT2D eigenvalue weighted by atomic mass is 9.81. The molecule has 27 heavy (non-hydrogen) atoms. The summed E-state index contributed by atoms with van der Waals surface area (Å²) in [5.41, 5.74) is 0. The van der Waals surface area contributed by atoms with E-state index in [1.807, 2.05) is 0 Å². The Morgan fingerprint density at radius 3 is 2.59 bits per heavy atom. The van der Waals surface area contributed by atoms with E-state index in [0.717, 1.165) is 76.5 Å². The fraction of sp³-hybridized carbons (Fsp3) is 0.952. The van der Waals surface area contributed by atoms with Crippen LogP contribution in [-0.4, -0.2) is 63.5 Å². The first kappa shape index (κ1) is 25.0. The van der Waals surface area contributed by atoms with Gasteiger partial charge in [-0.25, -0.2) is 0 Å². The van der Waals surface area contributed by atoms with E-state index in [2.05, 4.69) is 24.1 Å². The van der Waals surface area contributed by atoms with Crippen molar-refractivity contribution in [3.63, 3.8) is 0 Å². The van der Waals surface area contributed by atoms with Gasteiger partial charge >= 0.3 is 0 Å². The summed E-state index contributed by atoms with van der Waals surface area (Å²) in [6.45, 7) is 10.1. The quantitative estimate of drug-likeness (QED) is 0.224. The number of halogens is 1. The predicted molar refractivity (Wildman–Crippen MR) is 124 cm³/mol. The standard InChI is InChI=1S/C21H41N3O2.HI/c1-4-22-21(23-12-9-19-8-5-7-18(2)17-19)24-13-10-20(11-14-24)26-16-6-15-25-3;/h18-20H,4-17H2,1-3H3,(H,22,23);1H. The number of hydrogen-bond acceptors (Lipinski definition) is 3. The van der Waals surface area contributed by atoms with Crippen LogP contribution in [-0.2, 0) is 9.47 Å². The molecule has 160 valence electrons. The van der Waals surface area contributed by atoms with Crippen molar-refractivity contribution in [2.24, 2.45) is 16.8 Å². The van der Waals surface area contributed by atoms with Gasteiger partial charge in [0.2, 0.25) is 0 Å². The van der Waals surface area contributed by atoms with Crippen LogP contribution in [0.15, 0.2) is 4.99 Å². The van der Waals surface area contributed by atoms with E-state index in [1.165, 1.54) is 32.1 Å². The smallest absolute Gasteiger partial charge is 0.193 e. The van der Waals surface area contributed by atoms with Crippen LogP contribution in [0.4, 0.5) is 0 Å². The van der Waals surface area contributed by atoms with Gasteiger partial charge in [-0.1, -0.05) is 26.2 Å². The minimum absolute atomic E-state index is 0. The third kappa shape index (κ3) is 9.79. The Labute approximate surface area is 184 Å². The van der Waals surface area contributed by atoms with E-state index >= 15 is 0 Å². The zero-order chi connectivity index (χ0) is 18.6. The molecule has 0 aromatic heterocycles. The summed E-state index contributed by atoms with van der Waals surface area (Å²) >= 11 is 0. The molecule has 2 aliphatic rings. The topological polar surface area (TPSA) is 46.1 Å². The number of hydrogen-bond donors (Lipinski definition) is 1. The number of nitrogens with zero attached hydrogens (tertiary/aromatic N) is 2. The number of ether oxygens (including phenoxy) is 2. The molecule has 0 aromatic carbocycles. The number of likely N-dealkylation sites (tertiary alicyclic amines) is 1. The Morgan fingerprint density at radius 2 is 1.93 bits per heavy atom. The molecule has 5 nitrogen and oxygen atoms in total. The summed E-state index contributed by atoms with van der Waals surface area (Å²) < 4.78 is 11.1. The second kappa shape index (κ2) is 14.9. The van der Waals surface area contributed by atoms with Gasteiger partial charge in [-0.05, 0) is 50.9 Å². The lowest BCUT2D eigenvalue weighted by molar-refractivity contribution is 0.00990. The van der Waals surface area contributed by atoms with Crippen LogP contribution < -0.4 is 5.32 Å². The first-order valence-electron chi connectivity index (χ1n) is 10.9. The molecule has 2 rings (SSSR count). The van der Waals surface area contributed by atoms with Crippen LogP contribution in [0.3, 0.4) is 0 Å². The highest BCUT2D eigenvalue weighted by molar-refractivity contribution is 14.0. The summed E-state index contributed by atoms with van der Waals surface area (Å²) in [7, 11) is 1.74. The normalized spacial score (nSPS) is 24.6. The average Bonchev–Trinajstić information content (AvgIpc) is 2.65. The van der Waals surface area contributed by atoms with Crippen LogP contribution in [0.25, 0.3) is 0 Å². The number of aliphatic imine (C=N–C) groups is 1. The van der Waals surface area contributed by atoms with E-state index in [4.69, 9.17) is 14.5 Å². The minimum Gasteiger partial charge on any atom is -0.385 e. The predicted octanol–water partition coefficient (Wildman–Crippen LogP) is 4.30. The maximum atomic E-state index is 5.98. The Morgan fingerprint density at radius 1 is 1.15 bits per heavy atom. The summed E-state index contributed by atoms with van der Waals surface area (Å²) in [5.74, 6) is 2.90. The first-order chi connectivity index (χ1) is 12.7. The third-order valence-corrected chi connectivity index (χ3v) is 5.77. The molecule has 1 saturated carbocycles. The Kier molecular flexibility index (Phi) is 13.7. The molecule has 1 N–H and O–H groups in total. The van der Waals surface area contributed by atoms with Crippen molar-refractivity contribution in [1.82, 2.24) is 10.2 Å². The highest BCUT2D eigenvalue weighted by atomic mass is 127. The molecule has 2 unspecified atom stereocenters. The van der Waals surface area contributed by atoms with Gasteiger partial charge in [-0.2, -0.15) is 0 Å². The lowest BCUT2D eigenvalue weighted by Gasteiger charge is -2.34. The van der Waals surface area contributed by atoms with Gasteiger partial charge in [0.05, 0.1) is 6.10 Å². The van der Waals surface area contributed by atoms with Gasteiger partial charge in [-0.15, -0.1) is 24.0 Å². The molecular weight excluding hydrogens is 453 g/mol. The molecule has 0 aromatic rings. The van der Waals surface area contributed by atoms with Crippen LogP contribution in [0.1, 0.15) is 65.2 Å². The van der Waals surface area contributed by atoms with Crippen LogP contribution in [0, 0.1) is 11.8 Å². The van der Waals surface area contributed by atoms with Crippen LogP contribution >= 0.6 is 24.0 Å². The Hall–Kier alpha value is -0.0800. The molecule has 2 fully saturated rings. The fourth-order valence-corrected chi connectivity index (χ4v) is 4.29. The molecule has 1 heterocycles. The van der Waals surface area contributed by atoms with Crippen molar-refractivity contribution < 1.29 is 9.47 Å². The second-order valence-electron chi connectivity index (χ2n) is 8.07. The van der Waals surface area contributed by atoms with E-state index in [9.17, 15) is 0 Å². The van der Waals surface area contributed by atoms with Gasteiger partial charge in [-0.3, -0.25) is 4.99 Å². The fourth-order valence-electron chi connectivity index (χ4n) is 4.29. The van der Waals surface area contributed by atoms with Crippen molar-refractivity contribution in [2.75, 3.05) is 46.5 Å². The molecule has 0 amide bonds. The largest absolute Gasteiger partial charge is 0.385 e. The molecule has 1 aliphatic heterocycles. The van der Waals surface area contributed by atoms with Gasteiger partial charge in [0.25, 0.3) is 0 Å². The number of guanidine groups is 1. The maximum Gasteiger partial charge on any atom is 0.193 e. The van der Waals surface area contributed by atoms with E-state index < -0.39 is 0 Å². The molecule has 6 heteroatoms. The average molecular weight is 495 g/mol. The number of nitrogens with one attached hydrogen (secondary N) is 1. The molecule has 1 aliphatic carbocycles. The summed E-state index contributed by atoms with van der Waals surface area (Å²) in [6, 6.07) is 0. The van der Waals surface area contributed by atoms with E-state index in [0.29, 0.717) is 6.10 Å². The molecule has 2 atom stereocenters. The minimum atomic E-state index is 0. The van der Waals surface area contributed by atoms with E-state index in [-0.39, 0.29) is 24.0 Å². The van der Waals surface area contributed by atoms with Crippen LogP contribution in [0.5, 0.6) is 0 Å². The Balaban J connectivity index is 0.00000364. The third-order valence-electron chi connectivity index (χ3n) is 5.77. The Bertz CT molecular complexity index is 401. The SMILES string of the molecule is CCNC(=NCCC1CCCC(C)C1)N1CCC(OCCCOC)CC1.I. The van der Waals surface area contributed by atoms with E-state index in [1.54, 1.807) is 7.11 Å². The van der Waals surface area contributed by atoms with Gasteiger partial charge in [0.15, 0.2) is 5.96 Å². The second-order valence-corrected chi connectivity index (χ2v) is 8.07. The van der Waals surface area contributed by atoms with Gasteiger partial charge < -0.3 is 19.7 Å². The number of piperidine rings is 1. The van der Waals surface area contributed by atoms with Crippen molar-refractivity contribution >= 4 is 29.9 Å². The molecule has 0 radical (unpaired) electrons. The molecule has 0 bridgehead atoms. The lowest BCUT2D eigenvalue weighted by Crippen LogP contribution is -2.47. The monoisotopic (exact) mass is 495 g/mol. The van der Waals surface area contributed by atoms with Crippen LogP contribution in [0.2, 0.25) is 0 Å². The zero-order valence-electron chi connectivity index (χ0n) is 17.8.